The van der Waals surface area contributed by atoms with Crippen LogP contribution in [0, 0.1) is 0 Å². The number of sulfone groups is 1. The van der Waals surface area contributed by atoms with E-state index in [1.165, 1.54) is 17.6 Å². The maximum absolute atomic E-state index is 12.4. The summed E-state index contributed by atoms with van der Waals surface area (Å²) in [4.78, 5) is 17.7. The first-order valence-electron chi connectivity index (χ1n) is 7.41. The van der Waals surface area contributed by atoms with Crippen molar-refractivity contribution in [2.75, 3.05) is 6.26 Å². The zero-order valence-corrected chi connectivity index (χ0v) is 14.9. The molecule has 0 saturated heterocycles. The fourth-order valence-corrected chi connectivity index (χ4v) is 3.77. The Morgan fingerprint density at radius 2 is 2.04 bits per heavy atom. The summed E-state index contributed by atoms with van der Waals surface area (Å²) in [7, 11) is -3.23. The van der Waals surface area contributed by atoms with Gasteiger partial charge in [-0.2, -0.15) is 0 Å². The topological polar surface area (TPSA) is 80.5 Å². The largest absolute Gasteiger partial charge is 0.344 e. The van der Waals surface area contributed by atoms with Crippen molar-refractivity contribution >= 4 is 32.0 Å². The minimum absolute atomic E-state index is 0.203. The van der Waals surface area contributed by atoms with Crippen LogP contribution in [0.3, 0.4) is 0 Å². The smallest absolute Gasteiger partial charge is 0.272 e. The maximum Gasteiger partial charge on any atom is 0.272 e. The van der Waals surface area contributed by atoms with E-state index in [9.17, 15) is 13.2 Å². The lowest BCUT2D eigenvalue weighted by Gasteiger charge is -2.17. The standard InChI is InChI=1S/C16H17N3O3S2/c1-3-13(11-4-6-12(7-5-11)24(2,21)22)17-15(20)14-10-19-8-9-23-16(19)18-14/h4-10,13H,3H2,1-2H3,(H,17,20). The molecule has 2 heterocycles. The quantitative estimate of drug-likeness (QED) is 0.756. The van der Waals surface area contributed by atoms with Gasteiger partial charge in [-0.1, -0.05) is 19.1 Å². The number of nitrogens with zero attached hydrogens (tertiary/aromatic N) is 2. The lowest BCUT2D eigenvalue weighted by atomic mass is 10.0. The predicted octanol–water partition coefficient (Wildman–Crippen LogP) is 2.68. The molecule has 0 aliphatic heterocycles. The van der Waals surface area contributed by atoms with Crippen LogP contribution in [0.15, 0.2) is 46.9 Å². The molecule has 8 heteroatoms. The van der Waals surface area contributed by atoms with Gasteiger partial charge in [-0.05, 0) is 24.1 Å². The number of carbonyl (C=O) groups is 1. The van der Waals surface area contributed by atoms with E-state index >= 15 is 0 Å². The van der Waals surface area contributed by atoms with E-state index < -0.39 is 9.84 Å². The van der Waals surface area contributed by atoms with Gasteiger partial charge in [0.25, 0.3) is 5.91 Å². The molecule has 0 bridgehead atoms. The number of carbonyl (C=O) groups excluding carboxylic acids is 1. The third-order valence-corrected chi connectivity index (χ3v) is 5.65. The van der Waals surface area contributed by atoms with Crippen LogP contribution in [0.4, 0.5) is 0 Å². The van der Waals surface area contributed by atoms with Gasteiger partial charge in [-0.3, -0.25) is 9.20 Å². The molecule has 1 aromatic carbocycles. The highest BCUT2D eigenvalue weighted by molar-refractivity contribution is 7.90. The van der Waals surface area contributed by atoms with Crippen molar-refractivity contribution in [2.45, 2.75) is 24.3 Å². The van der Waals surface area contributed by atoms with Crippen molar-refractivity contribution in [3.63, 3.8) is 0 Å². The Morgan fingerprint density at radius 1 is 1.33 bits per heavy atom. The highest BCUT2D eigenvalue weighted by Gasteiger charge is 2.17. The second-order valence-electron chi connectivity index (χ2n) is 5.49. The van der Waals surface area contributed by atoms with E-state index in [4.69, 9.17) is 0 Å². The average molecular weight is 363 g/mol. The Morgan fingerprint density at radius 3 is 2.62 bits per heavy atom. The van der Waals surface area contributed by atoms with Crippen LogP contribution in [0.1, 0.15) is 35.4 Å². The Labute approximate surface area is 144 Å². The monoisotopic (exact) mass is 363 g/mol. The highest BCUT2D eigenvalue weighted by Crippen LogP contribution is 2.20. The van der Waals surface area contributed by atoms with Crippen LogP contribution in [-0.4, -0.2) is 30.0 Å². The van der Waals surface area contributed by atoms with Crippen molar-refractivity contribution in [1.29, 1.82) is 0 Å². The Hall–Kier alpha value is -2.19. The molecule has 0 fully saturated rings. The van der Waals surface area contributed by atoms with Crippen LogP contribution in [0.2, 0.25) is 0 Å². The average Bonchev–Trinajstić information content (AvgIpc) is 3.13. The molecular weight excluding hydrogens is 346 g/mol. The normalized spacial score (nSPS) is 13.1. The zero-order chi connectivity index (χ0) is 17.3. The summed E-state index contributed by atoms with van der Waals surface area (Å²) in [6.07, 6.45) is 5.41. The molecule has 0 spiro atoms. The fourth-order valence-electron chi connectivity index (χ4n) is 2.44. The lowest BCUT2D eigenvalue weighted by Crippen LogP contribution is -2.28. The first-order valence-corrected chi connectivity index (χ1v) is 10.2. The molecule has 6 nitrogen and oxygen atoms in total. The molecule has 3 rings (SSSR count). The number of nitrogens with one attached hydrogen (secondary N) is 1. The molecule has 0 radical (unpaired) electrons. The molecule has 0 aliphatic carbocycles. The van der Waals surface area contributed by atoms with Crippen LogP contribution < -0.4 is 5.32 Å². The van der Waals surface area contributed by atoms with Gasteiger partial charge in [0.1, 0.15) is 5.69 Å². The fraction of sp³-hybridized carbons (Fsp3) is 0.250. The lowest BCUT2D eigenvalue weighted by molar-refractivity contribution is 0.0931. The number of fused-ring (bicyclic) bond motifs is 1. The zero-order valence-electron chi connectivity index (χ0n) is 13.3. The number of benzene rings is 1. The van der Waals surface area contributed by atoms with E-state index in [-0.39, 0.29) is 16.8 Å². The summed E-state index contributed by atoms with van der Waals surface area (Å²) in [6, 6.07) is 6.39. The van der Waals surface area contributed by atoms with Gasteiger partial charge < -0.3 is 5.32 Å². The maximum atomic E-state index is 12.4. The Kier molecular flexibility index (Phi) is 4.42. The number of amides is 1. The second kappa shape index (κ2) is 6.37. The first kappa shape index (κ1) is 16.7. The summed E-state index contributed by atoms with van der Waals surface area (Å²) in [5, 5.41) is 4.85. The van der Waals surface area contributed by atoms with Crippen molar-refractivity contribution in [1.82, 2.24) is 14.7 Å². The van der Waals surface area contributed by atoms with Crippen LogP contribution in [-0.2, 0) is 9.84 Å². The summed E-state index contributed by atoms with van der Waals surface area (Å²) in [5.74, 6) is -0.245. The minimum Gasteiger partial charge on any atom is -0.344 e. The van der Waals surface area contributed by atoms with Gasteiger partial charge in [-0.15, -0.1) is 11.3 Å². The minimum atomic E-state index is -3.23. The van der Waals surface area contributed by atoms with Crippen LogP contribution in [0.25, 0.3) is 4.96 Å². The third kappa shape index (κ3) is 3.34. The van der Waals surface area contributed by atoms with E-state index in [1.807, 2.05) is 18.5 Å². The van der Waals surface area contributed by atoms with Gasteiger partial charge >= 0.3 is 0 Å². The molecule has 126 valence electrons. The summed E-state index contributed by atoms with van der Waals surface area (Å²) in [6.45, 7) is 1.96. The number of hydrogen-bond donors (Lipinski definition) is 1. The Bertz CT molecular complexity index is 943. The number of aromatic nitrogens is 2. The molecular formula is C16H17N3O3S2. The molecule has 2 aromatic heterocycles. The van der Waals surface area contributed by atoms with Gasteiger partial charge in [0.2, 0.25) is 0 Å². The third-order valence-electron chi connectivity index (χ3n) is 3.75. The van der Waals surface area contributed by atoms with Crippen molar-refractivity contribution < 1.29 is 13.2 Å². The molecule has 3 aromatic rings. The van der Waals surface area contributed by atoms with Crippen molar-refractivity contribution in [3.05, 3.63) is 53.3 Å². The van der Waals surface area contributed by atoms with Crippen molar-refractivity contribution in [3.8, 4) is 0 Å². The molecule has 0 aliphatic rings. The predicted molar refractivity (Wildman–Crippen MR) is 93.1 cm³/mol. The molecule has 1 amide bonds. The van der Waals surface area contributed by atoms with Gasteiger partial charge in [0.05, 0.1) is 10.9 Å². The van der Waals surface area contributed by atoms with Gasteiger partial charge in [-0.25, -0.2) is 13.4 Å². The van der Waals surface area contributed by atoms with Crippen LogP contribution in [0.5, 0.6) is 0 Å². The number of rotatable bonds is 5. The number of thiazole rings is 1. The Balaban J connectivity index is 1.78. The van der Waals surface area contributed by atoms with E-state index in [0.29, 0.717) is 12.1 Å². The summed E-state index contributed by atoms with van der Waals surface area (Å²) in [5.41, 5.74) is 1.23. The van der Waals surface area contributed by atoms with Crippen LogP contribution >= 0.6 is 11.3 Å². The second-order valence-corrected chi connectivity index (χ2v) is 8.38. The molecule has 0 saturated carbocycles. The molecule has 1 atom stereocenters. The van der Waals surface area contributed by atoms with E-state index in [2.05, 4.69) is 10.3 Å². The molecule has 24 heavy (non-hydrogen) atoms. The van der Waals surface area contributed by atoms with Gasteiger partial charge in [0.15, 0.2) is 14.8 Å². The number of imidazole rings is 1. The molecule has 1 unspecified atom stereocenters. The summed E-state index contributed by atoms with van der Waals surface area (Å²) >= 11 is 1.47. The summed E-state index contributed by atoms with van der Waals surface area (Å²) < 4.78 is 24.9. The molecule has 1 N–H and O–H groups in total. The van der Waals surface area contributed by atoms with E-state index in [1.54, 1.807) is 34.9 Å². The SMILES string of the molecule is CCC(NC(=O)c1cn2ccsc2n1)c1ccc(S(C)(=O)=O)cc1. The van der Waals surface area contributed by atoms with Crippen molar-refractivity contribution in [2.24, 2.45) is 0 Å². The highest BCUT2D eigenvalue weighted by atomic mass is 32.2. The van der Waals surface area contributed by atoms with E-state index in [0.717, 1.165) is 10.5 Å². The van der Waals surface area contributed by atoms with Gasteiger partial charge in [0, 0.05) is 24.0 Å². The number of hydrogen-bond acceptors (Lipinski definition) is 5. The first-order chi connectivity index (χ1) is 11.4.